The lowest BCUT2D eigenvalue weighted by Crippen LogP contribution is -2.08. The van der Waals surface area contributed by atoms with Gasteiger partial charge in [-0.1, -0.05) is 30.3 Å². The van der Waals surface area contributed by atoms with Crippen LogP contribution in [0.1, 0.15) is 40.7 Å². The Bertz CT molecular complexity index is 586. The van der Waals surface area contributed by atoms with Gasteiger partial charge >= 0.3 is 0 Å². The van der Waals surface area contributed by atoms with Crippen molar-refractivity contribution < 1.29 is 9.50 Å². The predicted molar refractivity (Wildman–Crippen MR) is 73.6 cm³/mol. The van der Waals surface area contributed by atoms with Crippen LogP contribution in [0, 0.1) is 12.7 Å². The molecule has 0 saturated carbocycles. The van der Waals surface area contributed by atoms with Crippen molar-refractivity contribution in [1.29, 1.82) is 0 Å². The lowest BCUT2D eigenvalue weighted by molar-refractivity contribution is 0.144. The summed E-state index contributed by atoms with van der Waals surface area (Å²) in [5.74, 6) is -0.197. The molecule has 0 saturated heterocycles. The van der Waals surface area contributed by atoms with Crippen molar-refractivity contribution in [2.24, 2.45) is 0 Å². The van der Waals surface area contributed by atoms with Crippen LogP contribution in [-0.2, 0) is 6.42 Å². The van der Waals surface area contributed by atoms with Crippen molar-refractivity contribution in [1.82, 2.24) is 0 Å². The second-order valence-electron chi connectivity index (χ2n) is 5.35. The summed E-state index contributed by atoms with van der Waals surface area (Å²) in [5, 5.41) is 10.5. The molecular formula is C17H17FO. The molecule has 2 aromatic carbocycles. The molecule has 2 aromatic rings. The van der Waals surface area contributed by atoms with Gasteiger partial charge < -0.3 is 5.11 Å². The van der Waals surface area contributed by atoms with E-state index in [1.54, 1.807) is 0 Å². The van der Waals surface area contributed by atoms with E-state index in [9.17, 15) is 9.50 Å². The van der Waals surface area contributed by atoms with Gasteiger partial charge in [-0.2, -0.15) is 0 Å². The first-order valence-corrected chi connectivity index (χ1v) is 6.68. The molecule has 2 atom stereocenters. The average Bonchev–Trinajstić information content (AvgIpc) is 2.80. The molecule has 0 aromatic heterocycles. The topological polar surface area (TPSA) is 20.2 Å². The van der Waals surface area contributed by atoms with Crippen molar-refractivity contribution in [3.8, 4) is 0 Å². The predicted octanol–water partition coefficient (Wildman–Crippen LogP) is 3.90. The minimum atomic E-state index is -0.627. The number of benzene rings is 2. The highest BCUT2D eigenvalue weighted by molar-refractivity contribution is 5.38. The molecule has 1 N–H and O–H groups in total. The smallest absolute Gasteiger partial charge is 0.123 e. The fourth-order valence-corrected chi connectivity index (χ4v) is 3.09. The number of fused-ring (bicyclic) bond motifs is 1. The van der Waals surface area contributed by atoms with E-state index in [2.05, 4.69) is 12.1 Å². The molecule has 1 aliphatic rings. The molecule has 0 radical (unpaired) electrons. The second kappa shape index (κ2) is 4.78. The molecule has 1 nitrogen and oxygen atoms in total. The van der Waals surface area contributed by atoms with E-state index in [4.69, 9.17) is 0 Å². The SMILES string of the molecule is Cc1cc(F)cc(C(O)C2CCc3ccccc32)c1. The number of hydrogen-bond donors (Lipinski definition) is 1. The third-order valence-electron chi connectivity index (χ3n) is 3.97. The fraction of sp³-hybridized carbons (Fsp3) is 0.294. The first-order chi connectivity index (χ1) is 9.15. The molecule has 0 spiro atoms. The Kier molecular flexibility index (Phi) is 3.11. The summed E-state index contributed by atoms with van der Waals surface area (Å²) in [6.07, 6.45) is 1.29. The van der Waals surface area contributed by atoms with E-state index in [1.807, 2.05) is 25.1 Å². The summed E-state index contributed by atoms with van der Waals surface area (Å²) in [4.78, 5) is 0. The van der Waals surface area contributed by atoms with E-state index in [-0.39, 0.29) is 11.7 Å². The largest absolute Gasteiger partial charge is 0.388 e. The zero-order valence-electron chi connectivity index (χ0n) is 10.9. The van der Waals surface area contributed by atoms with E-state index >= 15 is 0 Å². The number of hydrogen-bond acceptors (Lipinski definition) is 1. The summed E-state index contributed by atoms with van der Waals surface area (Å²) in [6.45, 7) is 1.85. The summed E-state index contributed by atoms with van der Waals surface area (Å²) in [7, 11) is 0. The maximum absolute atomic E-state index is 13.5. The zero-order chi connectivity index (χ0) is 13.4. The zero-order valence-corrected chi connectivity index (χ0v) is 10.9. The molecule has 0 amide bonds. The third kappa shape index (κ3) is 2.28. The highest BCUT2D eigenvalue weighted by Crippen LogP contribution is 2.41. The Morgan fingerprint density at radius 3 is 2.79 bits per heavy atom. The second-order valence-corrected chi connectivity index (χ2v) is 5.35. The van der Waals surface area contributed by atoms with Gasteiger partial charge in [0, 0.05) is 5.92 Å². The van der Waals surface area contributed by atoms with Crippen molar-refractivity contribution in [2.45, 2.75) is 31.8 Å². The standard InChI is InChI=1S/C17H17FO/c1-11-8-13(10-14(18)9-11)17(19)16-7-6-12-4-2-3-5-15(12)16/h2-5,8-10,16-17,19H,6-7H2,1H3. The van der Waals surface area contributed by atoms with Crippen LogP contribution >= 0.6 is 0 Å². The molecule has 0 fully saturated rings. The number of aliphatic hydroxyl groups is 1. The molecule has 0 bridgehead atoms. The van der Waals surface area contributed by atoms with E-state index in [0.717, 1.165) is 18.4 Å². The third-order valence-corrected chi connectivity index (χ3v) is 3.97. The van der Waals surface area contributed by atoms with E-state index in [1.165, 1.54) is 23.3 Å². The van der Waals surface area contributed by atoms with E-state index < -0.39 is 6.10 Å². The fourth-order valence-electron chi connectivity index (χ4n) is 3.09. The van der Waals surface area contributed by atoms with Gasteiger partial charge in [-0.05, 0) is 54.2 Å². The molecule has 2 heteroatoms. The van der Waals surface area contributed by atoms with Crippen molar-refractivity contribution >= 4 is 0 Å². The molecule has 98 valence electrons. The quantitative estimate of drug-likeness (QED) is 0.864. The number of rotatable bonds is 2. The summed E-state index contributed by atoms with van der Waals surface area (Å²) >= 11 is 0. The van der Waals surface area contributed by atoms with Gasteiger partial charge in [-0.15, -0.1) is 0 Å². The van der Waals surface area contributed by atoms with Crippen LogP contribution in [0.4, 0.5) is 4.39 Å². The lowest BCUT2D eigenvalue weighted by Gasteiger charge is -2.20. The summed E-state index contributed by atoms with van der Waals surface area (Å²) in [6, 6.07) is 13.0. The first-order valence-electron chi connectivity index (χ1n) is 6.68. The Morgan fingerprint density at radius 2 is 2.00 bits per heavy atom. The van der Waals surface area contributed by atoms with Crippen LogP contribution in [0.5, 0.6) is 0 Å². The molecular weight excluding hydrogens is 239 g/mol. The highest BCUT2D eigenvalue weighted by atomic mass is 19.1. The van der Waals surface area contributed by atoms with Gasteiger partial charge in [0.05, 0.1) is 6.10 Å². The number of aliphatic hydroxyl groups excluding tert-OH is 1. The Morgan fingerprint density at radius 1 is 1.21 bits per heavy atom. The molecule has 0 heterocycles. The number of aryl methyl sites for hydroxylation is 2. The lowest BCUT2D eigenvalue weighted by atomic mass is 9.90. The Labute approximate surface area is 112 Å². The van der Waals surface area contributed by atoms with Gasteiger partial charge in [0.2, 0.25) is 0 Å². The molecule has 3 rings (SSSR count). The van der Waals surface area contributed by atoms with Crippen molar-refractivity contribution in [2.75, 3.05) is 0 Å². The van der Waals surface area contributed by atoms with Crippen molar-refractivity contribution in [3.05, 3.63) is 70.5 Å². The first kappa shape index (κ1) is 12.4. The van der Waals surface area contributed by atoms with Crippen LogP contribution in [0.15, 0.2) is 42.5 Å². The maximum Gasteiger partial charge on any atom is 0.123 e. The van der Waals surface area contributed by atoms with Crippen LogP contribution in [0.2, 0.25) is 0 Å². The van der Waals surface area contributed by atoms with Crippen molar-refractivity contribution in [3.63, 3.8) is 0 Å². The van der Waals surface area contributed by atoms with Gasteiger partial charge in [0.25, 0.3) is 0 Å². The highest BCUT2D eigenvalue weighted by Gasteiger charge is 2.29. The summed E-state index contributed by atoms with van der Waals surface area (Å²) in [5.41, 5.74) is 4.04. The monoisotopic (exact) mass is 256 g/mol. The average molecular weight is 256 g/mol. The van der Waals surface area contributed by atoms with E-state index in [0.29, 0.717) is 5.56 Å². The van der Waals surface area contributed by atoms with Crippen LogP contribution in [-0.4, -0.2) is 5.11 Å². The van der Waals surface area contributed by atoms with Crippen LogP contribution < -0.4 is 0 Å². The Balaban J connectivity index is 1.95. The Hall–Kier alpha value is -1.67. The number of halogens is 1. The minimum absolute atomic E-state index is 0.0809. The molecule has 0 aliphatic heterocycles. The molecule has 2 unspecified atom stereocenters. The van der Waals surface area contributed by atoms with Crippen LogP contribution in [0.25, 0.3) is 0 Å². The molecule has 1 aliphatic carbocycles. The summed E-state index contributed by atoms with van der Waals surface area (Å²) < 4.78 is 13.5. The van der Waals surface area contributed by atoms with Gasteiger partial charge in [-0.3, -0.25) is 0 Å². The molecule has 19 heavy (non-hydrogen) atoms. The van der Waals surface area contributed by atoms with Gasteiger partial charge in [-0.25, -0.2) is 4.39 Å². The normalized spacial score (nSPS) is 19.2. The minimum Gasteiger partial charge on any atom is -0.388 e. The maximum atomic E-state index is 13.5. The van der Waals surface area contributed by atoms with Gasteiger partial charge in [0.1, 0.15) is 5.82 Å². The van der Waals surface area contributed by atoms with Gasteiger partial charge in [0.15, 0.2) is 0 Å². The van der Waals surface area contributed by atoms with Crippen LogP contribution in [0.3, 0.4) is 0 Å².